The van der Waals surface area contributed by atoms with Crippen LogP contribution in [0.2, 0.25) is 0 Å². The Hall–Kier alpha value is -1.55. The van der Waals surface area contributed by atoms with Gasteiger partial charge in [-0.3, -0.25) is 4.99 Å². The maximum atomic E-state index is 6.21. The largest absolute Gasteiger partial charge is 0.397 e. The summed E-state index contributed by atoms with van der Waals surface area (Å²) < 4.78 is 0. The zero-order chi connectivity index (χ0) is 13.4. The molecule has 1 aromatic carbocycles. The average molecular weight is 258 g/mol. The van der Waals surface area contributed by atoms with Gasteiger partial charge in [0.25, 0.3) is 0 Å². The van der Waals surface area contributed by atoms with Crippen LogP contribution in [0.3, 0.4) is 0 Å². The Bertz CT molecular complexity index is 499. The lowest BCUT2D eigenvalue weighted by molar-refractivity contribution is 0.250. The monoisotopic (exact) mass is 258 g/mol. The molecule has 2 N–H and O–H groups in total. The summed E-state index contributed by atoms with van der Waals surface area (Å²) in [5.41, 5.74) is 10.8. The minimum Gasteiger partial charge on any atom is -0.397 e. The van der Waals surface area contributed by atoms with E-state index in [9.17, 15) is 0 Å². The van der Waals surface area contributed by atoms with Crippen molar-refractivity contribution >= 4 is 17.6 Å². The standard InChI is InChI=1S/C15H22N4/c1-18(2)13-3-5-19(6-4-13)15-8-12-10-17-9-11(12)7-14(15)16/h7-9,13H,3-6,10,16H2,1-2H3. The summed E-state index contributed by atoms with van der Waals surface area (Å²) >= 11 is 0. The number of hydrogen-bond donors (Lipinski definition) is 1. The molecule has 3 rings (SSSR count). The predicted octanol–water partition coefficient (Wildman–Crippen LogP) is 1.73. The summed E-state index contributed by atoms with van der Waals surface area (Å²) in [7, 11) is 4.34. The summed E-state index contributed by atoms with van der Waals surface area (Å²) in [5, 5.41) is 0. The van der Waals surface area contributed by atoms with Crippen LogP contribution in [0.25, 0.3) is 0 Å². The van der Waals surface area contributed by atoms with E-state index in [4.69, 9.17) is 5.73 Å². The third-order valence-corrected chi connectivity index (χ3v) is 4.32. The maximum absolute atomic E-state index is 6.21. The molecule has 0 aliphatic carbocycles. The van der Waals surface area contributed by atoms with Crippen molar-refractivity contribution in [2.24, 2.45) is 4.99 Å². The van der Waals surface area contributed by atoms with Gasteiger partial charge in [0.1, 0.15) is 0 Å². The molecule has 2 aliphatic heterocycles. The maximum Gasteiger partial charge on any atom is 0.0647 e. The van der Waals surface area contributed by atoms with Crippen molar-refractivity contribution < 1.29 is 0 Å². The van der Waals surface area contributed by atoms with E-state index in [2.05, 4.69) is 41.0 Å². The van der Waals surface area contributed by atoms with Gasteiger partial charge in [-0.1, -0.05) is 0 Å². The van der Waals surface area contributed by atoms with Crippen LogP contribution in [0.5, 0.6) is 0 Å². The van der Waals surface area contributed by atoms with E-state index < -0.39 is 0 Å². The fraction of sp³-hybridized carbons (Fsp3) is 0.533. The number of aliphatic imine (C=N–C) groups is 1. The van der Waals surface area contributed by atoms with Crippen LogP contribution in [0.4, 0.5) is 11.4 Å². The smallest absolute Gasteiger partial charge is 0.0647 e. The first-order valence-corrected chi connectivity index (χ1v) is 6.99. The van der Waals surface area contributed by atoms with E-state index in [0.29, 0.717) is 6.04 Å². The number of rotatable bonds is 2. The third-order valence-electron chi connectivity index (χ3n) is 4.32. The molecule has 0 bridgehead atoms. The molecule has 1 saturated heterocycles. The van der Waals surface area contributed by atoms with Gasteiger partial charge >= 0.3 is 0 Å². The zero-order valence-corrected chi connectivity index (χ0v) is 11.8. The second-order valence-electron chi connectivity index (χ2n) is 5.76. The topological polar surface area (TPSA) is 44.9 Å². The SMILES string of the molecule is CN(C)C1CCN(c2cc3c(cc2N)C=NC3)CC1. The van der Waals surface area contributed by atoms with Gasteiger partial charge in [-0.15, -0.1) is 0 Å². The first kappa shape index (κ1) is 12.5. The molecule has 102 valence electrons. The highest BCUT2D eigenvalue weighted by Gasteiger charge is 2.22. The van der Waals surface area contributed by atoms with Crippen molar-refractivity contribution in [3.63, 3.8) is 0 Å². The molecule has 4 heteroatoms. The van der Waals surface area contributed by atoms with E-state index in [1.165, 1.54) is 29.7 Å². The predicted molar refractivity (Wildman–Crippen MR) is 81.1 cm³/mol. The van der Waals surface area contributed by atoms with Gasteiger partial charge in [0.05, 0.1) is 17.9 Å². The minimum absolute atomic E-state index is 0.704. The minimum atomic E-state index is 0.704. The molecule has 0 aromatic heterocycles. The van der Waals surface area contributed by atoms with Crippen LogP contribution < -0.4 is 10.6 Å². The van der Waals surface area contributed by atoms with Gasteiger partial charge in [-0.2, -0.15) is 0 Å². The lowest BCUT2D eigenvalue weighted by Gasteiger charge is -2.37. The molecular formula is C15H22N4. The first-order valence-electron chi connectivity index (χ1n) is 6.99. The van der Waals surface area contributed by atoms with E-state index in [1.807, 2.05) is 6.21 Å². The van der Waals surface area contributed by atoms with Crippen molar-refractivity contribution in [2.75, 3.05) is 37.8 Å². The number of fused-ring (bicyclic) bond motifs is 1. The summed E-state index contributed by atoms with van der Waals surface area (Å²) in [6.07, 6.45) is 4.34. The van der Waals surface area contributed by atoms with Gasteiger partial charge in [0, 0.05) is 25.3 Å². The summed E-state index contributed by atoms with van der Waals surface area (Å²) in [5.74, 6) is 0. The molecule has 0 spiro atoms. The van der Waals surface area contributed by atoms with Gasteiger partial charge in [0.15, 0.2) is 0 Å². The van der Waals surface area contributed by atoms with Crippen molar-refractivity contribution in [3.8, 4) is 0 Å². The van der Waals surface area contributed by atoms with Crippen LogP contribution in [0.1, 0.15) is 24.0 Å². The molecule has 1 aromatic rings. The Morgan fingerprint density at radius 1 is 1.26 bits per heavy atom. The molecular weight excluding hydrogens is 236 g/mol. The average Bonchev–Trinajstić information content (AvgIpc) is 2.85. The number of benzene rings is 1. The molecule has 1 fully saturated rings. The summed E-state index contributed by atoms with van der Waals surface area (Å²) in [6, 6.07) is 5.00. The highest BCUT2D eigenvalue weighted by atomic mass is 15.2. The molecule has 0 saturated carbocycles. The second-order valence-corrected chi connectivity index (χ2v) is 5.76. The number of hydrogen-bond acceptors (Lipinski definition) is 4. The highest BCUT2D eigenvalue weighted by molar-refractivity contribution is 5.88. The quantitative estimate of drug-likeness (QED) is 0.822. The fourth-order valence-electron chi connectivity index (χ4n) is 3.06. The van der Waals surface area contributed by atoms with Gasteiger partial charge in [0.2, 0.25) is 0 Å². The van der Waals surface area contributed by atoms with Gasteiger partial charge in [-0.25, -0.2) is 0 Å². The Morgan fingerprint density at radius 2 is 2.00 bits per heavy atom. The second kappa shape index (κ2) is 4.85. The van der Waals surface area contributed by atoms with Gasteiger partial charge in [-0.05, 0) is 50.2 Å². The Kier molecular flexibility index (Phi) is 3.19. The molecule has 4 nitrogen and oxygen atoms in total. The van der Waals surface area contributed by atoms with Crippen molar-refractivity contribution in [1.29, 1.82) is 0 Å². The lowest BCUT2D eigenvalue weighted by Crippen LogP contribution is -2.42. The Labute approximate surface area is 114 Å². The summed E-state index contributed by atoms with van der Waals surface area (Å²) in [4.78, 5) is 9.06. The van der Waals surface area contributed by atoms with E-state index in [0.717, 1.165) is 25.3 Å². The number of nitrogen functional groups attached to an aromatic ring is 1. The number of piperidine rings is 1. The Morgan fingerprint density at radius 3 is 2.68 bits per heavy atom. The third kappa shape index (κ3) is 2.32. The molecule has 0 amide bonds. The highest BCUT2D eigenvalue weighted by Crippen LogP contribution is 2.31. The first-order chi connectivity index (χ1) is 9.15. The Balaban J connectivity index is 1.77. The summed E-state index contributed by atoms with van der Waals surface area (Å²) in [6.45, 7) is 2.98. The zero-order valence-electron chi connectivity index (χ0n) is 11.8. The number of anilines is 2. The molecule has 0 unspecified atom stereocenters. The molecule has 19 heavy (non-hydrogen) atoms. The molecule has 0 radical (unpaired) electrons. The van der Waals surface area contributed by atoms with Crippen LogP contribution >= 0.6 is 0 Å². The van der Waals surface area contributed by atoms with Crippen LogP contribution in [-0.2, 0) is 6.54 Å². The van der Waals surface area contributed by atoms with Gasteiger partial charge < -0.3 is 15.5 Å². The van der Waals surface area contributed by atoms with Crippen molar-refractivity contribution in [3.05, 3.63) is 23.3 Å². The number of nitrogens with zero attached hydrogens (tertiary/aromatic N) is 3. The molecule has 2 aliphatic rings. The molecule has 0 atom stereocenters. The molecule has 2 heterocycles. The van der Waals surface area contributed by atoms with Crippen LogP contribution in [0.15, 0.2) is 17.1 Å². The van der Waals surface area contributed by atoms with E-state index >= 15 is 0 Å². The fourth-order valence-corrected chi connectivity index (χ4v) is 3.06. The number of nitrogens with two attached hydrogens (primary N) is 1. The van der Waals surface area contributed by atoms with E-state index in [1.54, 1.807) is 0 Å². The van der Waals surface area contributed by atoms with Crippen molar-refractivity contribution in [2.45, 2.75) is 25.4 Å². The van der Waals surface area contributed by atoms with E-state index in [-0.39, 0.29) is 0 Å². The van der Waals surface area contributed by atoms with Crippen LogP contribution in [0, 0.1) is 0 Å². The lowest BCUT2D eigenvalue weighted by atomic mass is 10.0. The van der Waals surface area contributed by atoms with Crippen molar-refractivity contribution in [1.82, 2.24) is 4.90 Å². The normalized spacial score (nSPS) is 19.2. The van der Waals surface area contributed by atoms with Crippen LogP contribution in [-0.4, -0.2) is 44.3 Å².